The van der Waals surface area contributed by atoms with Crippen molar-refractivity contribution in [3.05, 3.63) is 73.6 Å². The quantitative estimate of drug-likeness (QED) is 0.330. The molecule has 0 unspecified atom stereocenters. The second-order valence-electron chi connectivity index (χ2n) is 6.55. The molecule has 1 aliphatic heterocycles. The van der Waals surface area contributed by atoms with Crippen LogP contribution < -0.4 is 5.56 Å². The zero-order valence-electron chi connectivity index (χ0n) is 14.9. The fourth-order valence-corrected chi connectivity index (χ4v) is 3.42. The number of benzene rings is 1. The Morgan fingerprint density at radius 3 is 2.50 bits per heavy atom. The van der Waals surface area contributed by atoms with Crippen molar-refractivity contribution >= 4 is 29.0 Å². The topological polar surface area (TPSA) is 103 Å². The average Bonchev–Trinajstić information content (AvgIpc) is 2.71. The van der Waals surface area contributed by atoms with Crippen LogP contribution in [0.4, 0.5) is 5.69 Å². The molecular weight excluding hydrogens is 386 g/mol. The lowest BCUT2D eigenvalue weighted by Gasteiger charge is -2.30. The lowest BCUT2D eigenvalue weighted by Crippen LogP contribution is -2.45. The number of carbonyl (C=O) groups excluding carboxylic acids is 2. The van der Waals surface area contributed by atoms with Crippen LogP contribution in [0, 0.1) is 10.1 Å². The number of piperidine rings is 1. The predicted octanol–water partition coefficient (Wildman–Crippen LogP) is 2.85. The van der Waals surface area contributed by atoms with E-state index in [-0.39, 0.29) is 16.3 Å². The van der Waals surface area contributed by atoms with Gasteiger partial charge in [0, 0.05) is 43.0 Å². The lowest BCUT2D eigenvalue weighted by molar-refractivity contribution is -0.384. The fourth-order valence-electron chi connectivity index (χ4n) is 3.25. The molecule has 0 radical (unpaired) electrons. The summed E-state index contributed by atoms with van der Waals surface area (Å²) in [5.41, 5.74) is -0.844. The molecule has 0 spiro atoms. The first-order valence-electron chi connectivity index (χ1n) is 8.83. The number of pyridine rings is 1. The van der Waals surface area contributed by atoms with Crippen LogP contribution in [-0.4, -0.2) is 39.2 Å². The monoisotopic (exact) mass is 403 g/mol. The number of Topliss-reactive ketones (excluding diaryl/α,β-unsaturated/α-hetero) is 1. The Morgan fingerprint density at radius 2 is 1.82 bits per heavy atom. The largest absolute Gasteiger partial charge is 0.340 e. The Hall–Kier alpha value is -3.00. The minimum atomic E-state index is -1.47. The highest BCUT2D eigenvalue weighted by atomic mass is 35.5. The number of hydrogen-bond acceptors (Lipinski definition) is 5. The number of halogens is 1. The normalized spacial score (nSPS) is 15.1. The Morgan fingerprint density at radius 1 is 1.11 bits per heavy atom. The number of rotatable bonds is 5. The predicted molar refractivity (Wildman–Crippen MR) is 103 cm³/mol. The van der Waals surface area contributed by atoms with Crippen LogP contribution in [0.2, 0.25) is 5.02 Å². The first kappa shape index (κ1) is 19.8. The van der Waals surface area contributed by atoms with E-state index in [9.17, 15) is 24.5 Å². The minimum Gasteiger partial charge on any atom is -0.340 e. The van der Waals surface area contributed by atoms with Crippen molar-refractivity contribution in [2.45, 2.75) is 25.3 Å². The molecule has 1 aromatic carbocycles. The van der Waals surface area contributed by atoms with Gasteiger partial charge >= 0.3 is 0 Å². The summed E-state index contributed by atoms with van der Waals surface area (Å²) in [5.74, 6) is -1.20. The number of carbonyl (C=O) groups is 2. The maximum atomic E-state index is 13.2. The average molecular weight is 404 g/mol. The zero-order valence-corrected chi connectivity index (χ0v) is 15.7. The van der Waals surface area contributed by atoms with Crippen LogP contribution in [0.25, 0.3) is 0 Å². The highest BCUT2D eigenvalue weighted by Gasteiger charge is 2.34. The third-order valence-corrected chi connectivity index (χ3v) is 4.90. The van der Waals surface area contributed by atoms with Crippen LogP contribution in [0.5, 0.6) is 0 Å². The Bertz CT molecular complexity index is 982. The summed E-state index contributed by atoms with van der Waals surface area (Å²) < 4.78 is 1.00. The second kappa shape index (κ2) is 8.35. The van der Waals surface area contributed by atoms with Crippen LogP contribution in [-0.2, 0) is 4.79 Å². The van der Waals surface area contributed by atoms with Crippen molar-refractivity contribution < 1.29 is 14.5 Å². The van der Waals surface area contributed by atoms with Gasteiger partial charge in [0.05, 0.1) is 9.95 Å². The molecule has 2 aromatic rings. The highest BCUT2D eigenvalue weighted by Crippen LogP contribution is 2.23. The fraction of sp³-hybridized carbons (Fsp3) is 0.316. The van der Waals surface area contributed by atoms with Crippen LogP contribution in [0.15, 0.2) is 47.4 Å². The van der Waals surface area contributed by atoms with E-state index in [1.54, 1.807) is 4.90 Å². The van der Waals surface area contributed by atoms with Gasteiger partial charge in [-0.2, -0.15) is 0 Å². The number of nitro benzene ring substituents is 1. The minimum absolute atomic E-state index is 0.0172. The molecule has 146 valence electrons. The smallest absolute Gasteiger partial charge is 0.270 e. The number of nitro groups is 1. The summed E-state index contributed by atoms with van der Waals surface area (Å²) in [4.78, 5) is 50.7. The molecule has 2 heterocycles. The van der Waals surface area contributed by atoms with Crippen molar-refractivity contribution in [3.8, 4) is 0 Å². The second-order valence-corrected chi connectivity index (χ2v) is 6.99. The van der Waals surface area contributed by atoms with E-state index in [0.29, 0.717) is 13.1 Å². The van der Waals surface area contributed by atoms with Crippen molar-refractivity contribution in [2.24, 2.45) is 0 Å². The third-order valence-electron chi connectivity index (χ3n) is 4.67. The zero-order chi connectivity index (χ0) is 20.3. The van der Waals surface area contributed by atoms with Gasteiger partial charge in [-0.05, 0) is 25.3 Å². The van der Waals surface area contributed by atoms with E-state index in [0.717, 1.165) is 29.9 Å². The van der Waals surface area contributed by atoms with Gasteiger partial charge < -0.3 is 4.90 Å². The number of hydrogen-bond donors (Lipinski definition) is 0. The summed E-state index contributed by atoms with van der Waals surface area (Å²) in [6.07, 6.45) is 3.86. The van der Waals surface area contributed by atoms with Gasteiger partial charge in [-0.25, -0.2) is 0 Å². The molecule has 0 N–H and O–H groups in total. The molecule has 1 fully saturated rings. The van der Waals surface area contributed by atoms with E-state index in [1.165, 1.54) is 36.5 Å². The van der Waals surface area contributed by atoms with E-state index in [1.807, 2.05) is 0 Å². The van der Waals surface area contributed by atoms with E-state index in [2.05, 4.69) is 0 Å². The molecule has 9 heteroatoms. The molecule has 3 rings (SSSR count). The van der Waals surface area contributed by atoms with Gasteiger partial charge in [0.25, 0.3) is 17.2 Å². The van der Waals surface area contributed by atoms with Crippen LogP contribution in [0.3, 0.4) is 0 Å². The Labute approximate surface area is 165 Å². The maximum Gasteiger partial charge on any atom is 0.270 e. The highest BCUT2D eigenvalue weighted by molar-refractivity contribution is 6.30. The van der Waals surface area contributed by atoms with E-state index in [4.69, 9.17) is 11.6 Å². The first-order chi connectivity index (χ1) is 13.4. The molecule has 1 amide bonds. The van der Waals surface area contributed by atoms with Gasteiger partial charge in [0.2, 0.25) is 0 Å². The van der Waals surface area contributed by atoms with Gasteiger partial charge in [0.15, 0.2) is 11.8 Å². The molecule has 28 heavy (non-hydrogen) atoms. The maximum absolute atomic E-state index is 13.2. The summed E-state index contributed by atoms with van der Waals surface area (Å²) >= 11 is 5.98. The van der Waals surface area contributed by atoms with E-state index >= 15 is 0 Å². The van der Waals surface area contributed by atoms with Crippen molar-refractivity contribution in [1.29, 1.82) is 0 Å². The van der Waals surface area contributed by atoms with E-state index < -0.39 is 28.2 Å². The third kappa shape index (κ3) is 4.12. The Kier molecular flexibility index (Phi) is 5.89. The molecule has 8 nitrogen and oxygen atoms in total. The molecule has 1 atom stereocenters. The van der Waals surface area contributed by atoms with Gasteiger partial charge in [0.1, 0.15) is 0 Å². The van der Waals surface area contributed by atoms with Crippen molar-refractivity contribution in [2.75, 3.05) is 13.1 Å². The van der Waals surface area contributed by atoms with Gasteiger partial charge in [-0.3, -0.25) is 29.1 Å². The summed E-state index contributed by atoms with van der Waals surface area (Å²) in [7, 11) is 0. The first-order valence-corrected chi connectivity index (χ1v) is 9.21. The SMILES string of the molecule is O=C(c1cccc([N+](=O)[O-])c1)[C@@H](C(=O)N1CCCCC1)n1cc(Cl)ccc1=O. The molecule has 1 saturated heterocycles. The van der Waals surface area contributed by atoms with Gasteiger partial charge in [-0.15, -0.1) is 0 Å². The van der Waals surface area contributed by atoms with Crippen molar-refractivity contribution in [3.63, 3.8) is 0 Å². The number of likely N-dealkylation sites (tertiary alicyclic amines) is 1. The lowest BCUT2D eigenvalue weighted by atomic mass is 10.0. The standard InChI is InChI=1S/C19H18ClN3O5/c20-14-7-8-16(24)22(12-14)17(19(26)21-9-2-1-3-10-21)18(25)13-5-4-6-15(11-13)23(27)28/h4-8,11-12,17H,1-3,9-10H2/t17-/m0/s1. The summed E-state index contributed by atoms with van der Waals surface area (Å²) in [6, 6.07) is 6.21. The van der Waals surface area contributed by atoms with Crippen LogP contribution in [0.1, 0.15) is 35.7 Å². The number of non-ortho nitro benzene ring substituents is 1. The number of nitrogens with zero attached hydrogens (tertiary/aromatic N) is 3. The molecule has 0 bridgehead atoms. The molecule has 1 aromatic heterocycles. The summed E-state index contributed by atoms with van der Waals surface area (Å²) in [6.45, 7) is 0.986. The number of ketones is 1. The summed E-state index contributed by atoms with van der Waals surface area (Å²) in [5, 5.41) is 11.2. The number of aromatic nitrogens is 1. The Balaban J connectivity index is 2.07. The van der Waals surface area contributed by atoms with Gasteiger partial charge in [-0.1, -0.05) is 23.7 Å². The molecule has 0 saturated carbocycles. The van der Waals surface area contributed by atoms with Crippen molar-refractivity contribution in [1.82, 2.24) is 9.47 Å². The molecule has 1 aliphatic rings. The molecule has 0 aliphatic carbocycles. The van der Waals surface area contributed by atoms with Crippen LogP contribution >= 0.6 is 11.6 Å². The number of amides is 1. The molecular formula is C19H18ClN3O5.